The fourth-order valence-electron chi connectivity index (χ4n) is 1.30. The fraction of sp³-hybridized carbons (Fsp3) is 0.300. The molecule has 0 aliphatic rings. The number of phenols is 2. The number of phenolic OH excluding ortho intramolecular Hbond substituents is 2. The van der Waals surface area contributed by atoms with Crippen LogP contribution in [0, 0.1) is 0 Å². The molecule has 0 saturated carbocycles. The molecule has 0 fully saturated rings. The van der Waals surface area contributed by atoms with Gasteiger partial charge in [-0.05, 0) is 28.4 Å². The van der Waals surface area contributed by atoms with Crippen LogP contribution in [0.5, 0.6) is 11.5 Å². The molecule has 1 rings (SSSR count). The minimum Gasteiger partial charge on any atom is -0.504 e. The predicted molar refractivity (Wildman–Crippen MR) is 61.3 cm³/mol. The van der Waals surface area contributed by atoms with Gasteiger partial charge in [-0.2, -0.15) is 0 Å². The van der Waals surface area contributed by atoms with E-state index in [-0.39, 0.29) is 24.3 Å². The molecule has 6 heteroatoms. The fourth-order valence-corrected chi connectivity index (χ4v) is 1.62. The minimum atomic E-state index is -0.948. The van der Waals surface area contributed by atoms with Crippen LogP contribution < -0.4 is 5.73 Å². The summed E-state index contributed by atoms with van der Waals surface area (Å²) in [7, 11) is 0. The van der Waals surface area contributed by atoms with Crippen molar-refractivity contribution < 1.29 is 20.1 Å². The van der Waals surface area contributed by atoms with Gasteiger partial charge in [-0.15, -0.1) is 0 Å². The van der Waals surface area contributed by atoms with Crippen molar-refractivity contribution in [1.29, 1.82) is 0 Å². The van der Waals surface area contributed by atoms with Gasteiger partial charge in [-0.25, -0.2) is 0 Å². The lowest BCUT2D eigenvalue weighted by atomic mass is 10.0. The van der Waals surface area contributed by atoms with Gasteiger partial charge in [0.1, 0.15) is 0 Å². The summed E-state index contributed by atoms with van der Waals surface area (Å²) in [5, 5.41) is 27.6. The third kappa shape index (κ3) is 2.86. The summed E-state index contributed by atoms with van der Waals surface area (Å²) in [5.41, 5.74) is 6.05. The summed E-state index contributed by atoms with van der Waals surface area (Å²) < 4.78 is 0.360. The largest absolute Gasteiger partial charge is 0.504 e. The van der Waals surface area contributed by atoms with Gasteiger partial charge in [0.15, 0.2) is 11.5 Å². The number of hydrogen-bond acceptors (Lipinski definition) is 4. The first kappa shape index (κ1) is 12.8. The van der Waals surface area contributed by atoms with Crippen LogP contribution in [0.25, 0.3) is 0 Å². The van der Waals surface area contributed by atoms with Crippen LogP contribution in [0.3, 0.4) is 0 Å². The Kier molecular flexibility index (Phi) is 4.14. The second-order valence-corrected chi connectivity index (χ2v) is 4.23. The van der Waals surface area contributed by atoms with Crippen LogP contribution in [-0.4, -0.2) is 21.3 Å². The molecule has 1 aromatic carbocycles. The van der Waals surface area contributed by atoms with Gasteiger partial charge < -0.3 is 21.1 Å². The lowest BCUT2D eigenvalue weighted by molar-refractivity contribution is -0.137. The number of rotatable bonds is 4. The minimum absolute atomic E-state index is 0.0859. The maximum Gasteiger partial charge on any atom is 0.303 e. The number of hydrogen-bond donors (Lipinski definition) is 4. The van der Waals surface area contributed by atoms with Crippen LogP contribution in [0.1, 0.15) is 24.4 Å². The number of aliphatic carboxylic acids is 1. The summed E-state index contributed by atoms with van der Waals surface area (Å²) in [5.74, 6) is -1.55. The molecule has 1 unspecified atom stereocenters. The molecule has 1 aromatic rings. The van der Waals surface area contributed by atoms with Gasteiger partial charge in [0.25, 0.3) is 0 Å². The van der Waals surface area contributed by atoms with Crippen molar-refractivity contribution >= 4 is 21.9 Å². The molecule has 1 atom stereocenters. The first-order chi connectivity index (χ1) is 7.43. The molecule has 0 amide bonds. The third-order valence-electron chi connectivity index (χ3n) is 2.20. The Bertz CT molecular complexity index is 408. The number of carbonyl (C=O) groups is 1. The highest BCUT2D eigenvalue weighted by atomic mass is 79.9. The summed E-state index contributed by atoms with van der Waals surface area (Å²) in [6.07, 6.45) is 0.112. The summed E-state index contributed by atoms with van der Waals surface area (Å²) >= 11 is 3.05. The van der Waals surface area contributed by atoms with Crippen LogP contribution in [0.2, 0.25) is 0 Å². The molecule has 0 saturated heterocycles. The Labute approximate surface area is 101 Å². The number of benzene rings is 1. The van der Waals surface area contributed by atoms with E-state index in [1.54, 1.807) is 12.1 Å². The first-order valence-corrected chi connectivity index (χ1v) is 5.40. The van der Waals surface area contributed by atoms with Gasteiger partial charge in [0.05, 0.1) is 4.47 Å². The average molecular weight is 290 g/mol. The van der Waals surface area contributed by atoms with Gasteiger partial charge in [0, 0.05) is 18.0 Å². The van der Waals surface area contributed by atoms with E-state index in [4.69, 9.17) is 10.8 Å². The van der Waals surface area contributed by atoms with Crippen LogP contribution in [0.4, 0.5) is 0 Å². The number of carboxylic acids is 1. The van der Waals surface area contributed by atoms with E-state index in [2.05, 4.69) is 15.9 Å². The monoisotopic (exact) mass is 289 g/mol. The average Bonchev–Trinajstić information content (AvgIpc) is 2.23. The van der Waals surface area contributed by atoms with Crippen LogP contribution in [-0.2, 0) is 4.79 Å². The SMILES string of the molecule is NC(CCC(=O)O)c1ccc(Br)c(O)c1O. The second kappa shape index (κ2) is 5.18. The lowest BCUT2D eigenvalue weighted by Gasteiger charge is -2.13. The maximum absolute atomic E-state index is 10.4. The topological polar surface area (TPSA) is 104 Å². The molecule has 0 bridgehead atoms. The van der Waals surface area contributed by atoms with E-state index in [1.165, 1.54) is 0 Å². The lowest BCUT2D eigenvalue weighted by Crippen LogP contribution is -2.12. The zero-order valence-electron chi connectivity index (χ0n) is 8.35. The van der Waals surface area contributed by atoms with Crippen LogP contribution >= 0.6 is 15.9 Å². The van der Waals surface area contributed by atoms with E-state index < -0.39 is 12.0 Å². The van der Waals surface area contributed by atoms with Gasteiger partial charge in [-0.1, -0.05) is 6.07 Å². The standard InChI is InChI=1S/C10H12BrNO4/c11-6-2-1-5(9(15)10(6)16)7(12)3-4-8(13)14/h1-2,7,15-16H,3-4,12H2,(H,13,14). The molecule has 0 heterocycles. The van der Waals surface area contributed by atoms with E-state index >= 15 is 0 Å². The number of nitrogens with two attached hydrogens (primary N) is 1. The van der Waals surface area contributed by atoms with Crippen molar-refractivity contribution in [2.75, 3.05) is 0 Å². The molecule has 0 spiro atoms. The Morgan fingerprint density at radius 2 is 2.00 bits per heavy atom. The first-order valence-electron chi connectivity index (χ1n) is 4.61. The van der Waals surface area contributed by atoms with Crippen LogP contribution in [0.15, 0.2) is 16.6 Å². The quantitative estimate of drug-likeness (QED) is 0.632. The van der Waals surface area contributed by atoms with Gasteiger partial charge >= 0.3 is 5.97 Å². The Hall–Kier alpha value is -1.27. The molecular weight excluding hydrogens is 278 g/mol. The number of aromatic hydroxyl groups is 2. The van der Waals surface area contributed by atoms with Crippen molar-refractivity contribution in [1.82, 2.24) is 0 Å². The van der Waals surface area contributed by atoms with E-state index in [0.29, 0.717) is 10.0 Å². The molecule has 5 nitrogen and oxygen atoms in total. The second-order valence-electron chi connectivity index (χ2n) is 3.37. The van der Waals surface area contributed by atoms with E-state index in [0.717, 1.165) is 0 Å². The zero-order chi connectivity index (χ0) is 12.3. The summed E-state index contributed by atoms with van der Waals surface area (Å²) in [6, 6.07) is 2.48. The Balaban J connectivity index is 2.87. The number of halogens is 1. The highest BCUT2D eigenvalue weighted by Gasteiger charge is 2.16. The van der Waals surface area contributed by atoms with Crippen molar-refractivity contribution in [2.45, 2.75) is 18.9 Å². The molecule has 0 radical (unpaired) electrons. The molecule has 0 aliphatic carbocycles. The third-order valence-corrected chi connectivity index (χ3v) is 2.84. The van der Waals surface area contributed by atoms with Gasteiger partial charge in [-0.3, -0.25) is 4.79 Å². The molecule has 0 aromatic heterocycles. The predicted octanol–water partition coefficient (Wildman–Crippen LogP) is 1.72. The molecular formula is C10H12BrNO4. The highest BCUT2D eigenvalue weighted by molar-refractivity contribution is 9.10. The molecule has 0 aliphatic heterocycles. The molecule has 5 N–H and O–H groups in total. The normalized spacial score (nSPS) is 12.4. The van der Waals surface area contributed by atoms with Crippen molar-refractivity contribution in [3.8, 4) is 11.5 Å². The highest BCUT2D eigenvalue weighted by Crippen LogP contribution is 2.38. The van der Waals surface area contributed by atoms with Crippen molar-refractivity contribution in [3.63, 3.8) is 0 Å². The van der Waals surface area contributed by atoms with Crippen molar-refractivity contribution in [3.05, 3.63) is 22.2 Å². The van der Waals surface area contributed by atoms with Gasteiger partial charge in [0.2, 0.25) is 0 Å². The number of carboxylic acid groups (broad SMARTS) is 1. The summed E-state index contributed by atoms with van der Waals surface area (Å²) in [4.78, 5) is 10.4. The van der Waals surface area contributed by atoms with E-state index in [9.17, 15) is 15.0 Å². The Morgan fingerprint density at radius 1 is 1.38 bits per heavy atom. The summed E-state index contributed by atoms with van der Waals surface area (Å²) in [6.45, 7) is 0. The maximum atomic E-state index is 10.4. The Morgan fingerprint density at radius 3 is 2.56 bits per heavy atom. The zero-order valence-corrected chi connectivity index (χ0v) is 9.94. The molecule has 88 valence electrons. The van der Waals surface area contributed by atoms with Crippen molar-refractivity contribution in [2.24, 2.45) is 5.73 Å². The smallest absolute Gasteiger partial charge is 0.303 e. The molecule has 16 heavy (non-hydrogen) atoms. The van der Waals surface area contributed by atoms with E-state index in [1.807, 2.05) is 0 Å².